The minimum atomic E-state index is -1.79. The topological polar surface area (TPSA) is 76.7 Å². The molecule has 0 saturated heterocycles. The summed E-state index contributed by atoms with van der Waals surface area (Å²) in [6.07, 6.45) is 0. The van der Waals surface area contributed by atoms with E-state index in [0.29, 0.717) is 18.3 Å². The van der Waals surface area contributed by atoms with Crippen molar-refractivity contribution in [2.75, 3.05) is 11.9 Å². The number of hydrogen-bond donors (Lipinski definition) is 2. The largest absolute Gasteiger partial charge is 0.352 e. The van der Waals surface area contributed by atoms with Crippen LogP contribution in [0, 0.1) is 6.92 Å². The Balaban J connectivity index is 2.12. The summed E-state index contributed by atoms with van der Waals surface area (Å²) in [5.74, 6) is 0.756. The number of rotatable bonds is 5. The summed E-state index contributed by atoms with van der Waals surface area (Å²) in [4.78, 5) is 13.3. The lowest BCUT2D eigenvalue weighted by atomic mass is 9.98. The summed E-state index contributed by atoms with van der Waals surface area (Å²) in [6, 6.07) is 16.1. The molecule has 0 amide bonds. The molecule has 0 spiro atoms. The molecule has 0 saturated carbocycles. The summed E-state index contributed by atoms with van der Waals surface area (Å²) < 4.78 is -1.79. The molecule has 0 unspecified atom stereocenters. The van der Waals surface area contributed by atoms with Gasteiger partial charge in [0.1, 0.15) is 0 Å². The molecule has 0 atom stereocenters. The molecule has 152 valence electrons. The summed E-state index contributed by atoms with van der Waals surface area (Å²) in [6.45, 7) is 6.27. The second-order valence-electron chi connectivity index (χ2n) is 7.56. The van der Waals surface area contributed by atoms with Crippen LogP contribution < -0.4 is 11.1 Å². The van der Waals surface area contributed by atoms with E-state index in [0.717, 1.165) is 16.7 Å². The minimum absolute atomic E-state index is 0.0449. The summed E-state index contributed by atoms with van der Waals surface area (Å²) in [5, 5.41) is 3.11. The van der Waals surface area contributed by atoms with Crippen LogP contribution in [0.5, 0.6) is 0 Å². The van der Waals surface area contributed by atoms with E-state index in [1.807, 2.05) is 45.0 Å². The first-order valence-corrected chi connectivity index (χ1v) is 10.2. The van der Waals surface area contributed by atoms with E-state index in [1.54, 1.807) is 0 Å². The zero-order valence-electron chi connectivity index (χ0n) is 16.4. The Morgan fingerprint density at radius 3 is 2.10 bits per heavy atom. The number of aromatic nitrogens is 3. The van der Waals surface area contributed by atoms with Crippen LogP contribution in [0.15, 0.2) is 48.5 Å². The van der Waals surface area contributed by atoms with Gasteiger partial charge in [0.25, 0.3) is 0 Å². The van der Waals surface area contributed by atoms with Crippen LogP contribution in [-0.2, 0) is 3.79 Å². The van der Waals surface area contributed by atoms with Crippen molar-refractivity contribution in [2.45, 2.75) is 30.1 Å². The van der Waals surface area contributed by atoms with Gasteiger partial charge in [-0.15, -0.1) is 0 Å². The second kappa shape index (κ2) is 8.44. The van der Waals surface area contributed by atoms with Crippen LogP contribution in [0.3, 0.4) is 0 Å². The number of nitrogens with one attached hydrogen (secondary N) is 1. The smallest absolute Gasteiger partial charge is 0.250 e. The zero-order chi connectivity index (χ0) is 21.2. The number of hydrogen-bond acceptors (Lipinski definition) is 5. The van der Waals surface area contributed by atoms with Gasteiger partial charge in [0, 0.05) is 17.6 Å². The van der Waals surface area contributed by atoms with Crippen LogP contribution >= 0.6 is 34.8 Å². The molecule has 0 aliphatic carbocycles. The van der Waals surface area contributed by atoms with Gasteiger partial charge in [-0.25, -0.2) is 4.98 Å². The third-order valence-corrected chi connectivity index (χ3v) is 4.63. The first-order chi connectivity index (χ1) is 13.5. The van der Waals surface area contributed by atoms with Crippen molar-refractivity contribution < 1.29 is 0 Å². The molecule has 1 aromatic heterocycles. The molecule has 0 fully saturated rings. The van der Waals surface area contributed by atoms with Gasteiger partial charge >= 0.3 is 0 Å². The maximum absolute atomic E-state index is 6.08. The maximum Gasteiger partial charge on any atom is 0.250 e. The van der Waals surface area contributed by atoms with Gasteiger partial charge in [0.05, 0.1) is 0 Å². The molecule has 3 rings (SSSR count). The van der Waals surface area contributed by atoms with Crippen LogP contribution in [0.25, 0.3) is 22.5 Å². The predicted octanol–water partition coefficient (Wildman–Crippen LogP) is 5.49. The van der Waals surface area contributed by atoms with E-state index in [4.69, 9.17) is 40.5 Å². The lowest BCUT2D eigenvalue weighted by Gasteiger charge is -2.20. The van der Waals surface area contributed by atoms with Crippen LogP contribution in [0.2, 0.25) is 0 Å². The second-order valence-corrected chi connectivity index (χ2v) is 9.84. The molecule has 0 aliphatic rings. The fourth-order valence-corrected chi connectivity index (χ4v) is 2.93. The van der Waals surface area contributed by atoms with Gasteiger partial charge in [-0.2, -0.15) is 9.97 Å². The lowest BCUT2D eigenvalue weighted by molar-refractivity contribution is 0.547. The van der Waals surface area contributed by atoms with Gasteiger partial charge in [0.2, 0.25) is 9.74 Å². The molecule has 2 aromatic carbocycles. The third kappa shape index (κ3) is 5.80. The fourth-order valence-electron chi connectivity index (χ4n) is 2.67. The number of nitrogens with zero attached hydrogens (tertiary/aromatic N) is 3. The number of halogens is 3. The highest BCUT2D eigenvalue weighted by Gasteiger charge is 2.29. The van der Waals surface area contributed by atoms with Gasteiger partial charge in [-0.05, 0) is 31.9 Å². The van der Waals surface area contributed by atoms with Gasteiger partial charge in [0.15, 0.2) is 11.6 Å². The molecular formula is C21H22Cl3N5. The van der Waals surface area contributed by atoms with E-state index in [2.05, 4.69) is 44.5 Å². The average molecular weight is 451 g/mol. The fraction of sp³-hybridized carbons (Fsp3) is 0.286. The molecule has 0 bridgehead atoms. The number of anilines is 1. The van der Waals surface area contributed by atoms with E-state index in [1.165, 1.54) is 5.56 Å². The van der Waals surface area contributed by atoms with Crippen LogP contribution in [-0.4, -0.2) is 27.0 Å². The number of nitrogens with two attached hydrogens (primary N) is 1. The van der Waals surface area contributed by atoms with Crippen LogP contribution in [0.1, 0.15) is 25.2 Å². The highest BCUT2D eigenvalue weighted by atomic mass is 35.6. The average Bonchev–Trinajstić information content (AvgIpc) is 2.65. The van der Waals surface area contributed by atoms with Crippen molar-refractivity contribution in [1.29, 1.82) is 0 Å². The molecule has 8 heteroatoms. The monoisotopic (exact) mass is 449 g/mol. The van der Waals surface area contributed by atoms with Crippen LogP contribution in [0.4, 0.5) is 5.95 Å². The Morgan fingerprint density at radius 1 is 0.897 bits per heavy atom. The normalized spacial score (nSPS) is 12.1. The van der Waals surface area contributed by atoms with Gasteiger partial charge in [-0.1, -0.05) is 88.9 Å². The third-order valence-electron chi connectivity index (χ3n) is 4.12. The molecule has 0 radical (unpaired) electrons. The Bertz CT molecular complexity index is 992. The highest BCUT2D eigenvalue weighted by molar-refractivity contribution is 6.66. The van der Waals surface area contributed by atoms with Gasteiger partial charge in [-0.3, -0.25) is 0 Å². The molecule has 3 aromatic rings. The van der Waals surface area contributed by atoms with E-state index in [9.17, 15) is 0 Å². The van der Waals surface area contributed by atoms with Crippen molar-refractivity contribution in [2.24, 2.45) is 5.73 Å². The Hall–Kier alpha value is -1.92. The quantitative estimate of drug-likeness (QED) is 0.503. The predicted molar refractivity (Wildman–Crippen MR) is 121 cm³/mol. The highest BCUT2D eigenvalue weighted by Crippen LogP contribution is 2.38. The maximum atomic E-state index is 6.08. The summed E-state index contributed by atoms with van der Waals surface area (Å²) in [5.41, 5.74) is 9.59. The van der Waals surface area contributed by atoms with E-state index < -0.39 is 9.33 Å². The van der Waals surface area contributed by atoms with E-state index >= 15 is 0 Å². The van der Waals surface area contributed by atoms with Crippen molar-refractivity contribution in [3.63, 3.8) is 0 Å². The Labute approximate surface area is 185 Å². The number of alkyl halides is 3. The molecule has 3 N–H and O–H groups in total. The van der Waals surface area contributed by atoms with Crippen molar-refractivity contribution in [3.8, 4) is 22.5 Å². The summed E-state index contributed by atoms with van der Waals surface area (Å²) >= 11 is 18.2. The van der Waals surface area contributed by atoms with Gasteiger partial charge < -0.3 is 11.1 Å². The molecule has 1 heterocycles. The minimum Gasteiger partial charge on any atom is -0.352 e. The molecule has 5 nitrogen and oxygen atoms in total. The molecule has 0 aliphatic heterocycles. The first kappa shape index (κ1) is 21.8. The SMILES string of the molecule is Cc1ccc(-c2ccccc2-c2nc(NCC(C)(C)N)nc(C(Cl)(Cl)Cl)n2)cc1. The summed E-state index contributed by atoms with van der Waals surface area (Å²) in [7, 11) is 0. The standard InChI is InChI=1S/C21H22Cl3N5/c1-13-8-10-14(11-9-13)15-6-4-5-7-16(15)17-27-18(21(22,23)24)29-19(28-17)26-12-20(2,3)25/h4-11H,12,25H2,1-3H3,(H,26,27,28,29). The Morgan fingerprint density at radius 2 is 1.52 bits per heavy atom. The zero-order valence-corrected chi connectivity index (χ0v) is 18.6. The van der Waals surface area contributed by atoms with E-state index in [-0.39, 0.29) is 5.82 Å². The Kier molecular flexibility index (Phi) is 6.34. The lowest BCUT2D eigenvalue weighted by Crippen LogP contribution is -2.40. The molecule has 29 heavy (non-hydrogen) atoms. The number of benzene rings is 2. The van der Waals surface area contributed by atoms with Crippen molar-refractivity contribution >= 4 is 40.8 Å². The first-order valence-electron chi connectivity index (χ1n) is 9.05. The van der Waals surface area contributed by atoms with Crippen molar-refractivity contribution in [1.82, 2.24) is 15.0 Å². The van der Waals surface area contributed by atoms with Crippen molar-refractivity contribution in [3.05, 3.63) is 59.9 Å². The molecular weight excluding hydrogens is 429 g/mol. The number of aryl methyl sites for hydroxylation is 1.